The summed E-state index contributed by atoms with van der Waals surface area (Å²) in [5.74, 6) is -0.917. The molecule has 0 spiro atoms. The van der Waals surface area contributed by atoms with E-state index in [0.29, 0.717) is 27.4 Å². The number of carbonyl (C=O) groups is 1. The first-order chi connectivity index (χ1) is 13.4. The Morgan fingerprint density at radius 2 is 2.07 bits per heavy atom. The Balaban J connectivity index is 1.96. The molecule has 0 radical (unpaired) electrons. The molecule has 0 fully saturated rings. The number of fused-ring (bicyclic) bond motifs is 1. The molecule has 8 heteroatoms. The third-order valence-electron chi connectivity index (χ3n) is 4.94. The lowest BCUT2D eigenvalue weighted by molar-refractivity contribution is 0.0704. The molecule has 1 aliphatic heterocycles. The van der Waals surface area contributed by atoms with Crippen molar-refractivity contribution in [1.82, 2.24) is 15.1 Å². The van der Waals surface area contributed by atoms with Crippen LogP contribution >= 0.6 is 11.6 Å². The molecule has 6 nitrogen and oxygen atoms in total. The fourth-order valence-corrected chi connectivity index (χ4v) is 3.78. The molecule has 1 aliphatic rings. The van der Waals surface area contributed by atoms with Crippen LogP contribution in [0, 0.1) is 12.7 Å². The van der Waals surface area contributed by atoms with Gasteiger partial charge in [0.25, 0.3) is 5.91 Å². The lowest BCUT2D eigenvalue weighted by Gasteiger charge is -2.26. The summed E-state index contributed by atoms with van der Waals surface area (Å²) in [7, 11) is 0. The smallest absolute Gasteiger partial charge is 0.273 e. The number of benzene rings is 2. The van der Waals surface area contributed by atoms with E-state index < -0.39 is 17.8 Å². The van der Waals surface area contributed by atoms with E-state index in [9.17, 15) is 19.4 Å². The number of halogens is 2. The number of phenolic OH excluding ortho intramolecular Hbond substituents is 1. The second-order valence-electron chi connectivity index (χ2n) is 6.63. The number of hydrogen-bond donors (Lipinski definition) is 3. The average Bonchev–Trinajstić information content (AvgIpc) is 3.19. The van der Waals surface area contributed by atoms with Crippen molar-refractivity contribution in [3.63, 3.8) is 0 Å². The second-order valence-corrected chi connectivity index (χ2v) is 7.03. The molecule has 144 valence electrons. The zero-order valence-electron chi connectivity index (χ0n) is 14.9. The van der Waals surface area contributed by atoms with E-state index in [1.165, 1.54) is 17.0 Å². The summed E-state index contributed by atoms with van der Waals surface area (Å²) in [6, 6.07) is 8.44. The van der Waals surface area contributed by atoms with Crippen molar-refractivity contribution >= 4 is 17.5 Å². The Kier molecular flexibility index (Phi) is 4.56. The van der Waals surface area contributed by atoms with Crippen LogP contribution in [-0.2, 0) is 0 Å². The van der Waals surface area contributed by atoms with Crippen molar-refractivity contribution in [2.24, 2.45) is 0 Å². The minimum Gasteiger partial charge on any atom is -0.507 e. The molecule has 3 aromatic rings. The largest absolute Gasteiger partial charge is 0.507 e. The number of H-pyrrole nitrogens is 1. The average molecular weight is 402 g/mol. The number of aliphatic hydroxyl groups excluding tert-OH is 1. The van der Waals surface area contributed by atoms with Crippen molar-refractivity contribution in [1.29, 1.82) is 0 Å². The number of carbonyl (C=O) groups excluding carboxylic acids is 1. The van der Waals surface area contributed by atoms with Gasteiger partial charge in [0.2, 0.25) is 0 Å². The van der Waals surface area contributed by atoms with Crippen molar-refractivity contribution < 1.29 is 19.4 Å². The molecule has 1 aromatic heterocycles. The van der Waals surface area contributed by atoms with Gasteiger partial charge in [-0.2, -0.15) is 5.10 Å². The molecule has 2 aromatic carbocycles. The van der Waals surface area contributed by atoms with Crippen LogP contribution in [0.4, 0.5) is 4.39 Å². The van der Waals surface area contributed by atoms with Gasteiger partial charge in [-0.05, 0) is 30.7 Å². The summed E-state index contributed by atoms with van der Waals surface area (Å²) in [5.41, 5.74) is 2.28. The highest BCUT2D eigenvalue weighted by Gasteiger charge is 2.43. The van der Waals surface area contributed by atoms with E-state index >= 15 is 0 Å². The van der Waals surface area contributed by atoms with Gasteiger partial charge < -0.3 is 15.1 Å². The first-order valence-electron chi connectivity index (χ1n) is 8.68. The van der Waals surface area contributed by atoms with E-state index in [2.05, 4.69) is 10.2 Å². The van der Waals surface area contributed by atoms with Crippen molar-refractivity contribution in [2.45, 2.75) is 13.0 Å². The Morgan fingerprint density at radius 1 is 1.32 bits per heavy atom. The summed E-state index contributed by atoms with van der Waals surface area (Å²) in [4.78, 5) is 14.3. The van der Waals surface area contributed by atoms with Crippen molar-refractivity contribution in [2.75, 3.05) is 13.2 Å². The number of nitrogens with one attached hydrogen (secondary N) is 1. The predicted molar refractivity (Wildman–Crippen MR) is 102 cm³/mol. The molecule has 1 amide bonds. The van der Waals surface area contributed by atoms with Crippen molar-refractivity contribution in [3.05, 3.63) is 69.6 Å². The zero-order chi connectivity index (χ0) is 20.0. The van der Waals surface area contributed by atoms with Crippen LogP contribution in [0.15, 0.2) is 36.4 Å². The lowest BCUT2D eigenvalue weighted by Crippen LogP contribution is -2.32. The van der Waals surface area contributed by atoms with Crippen LogP contribution in [0.25, 0.3) is 11.3 Å². The number of aromatic hydroxyl groups is 1. The maximum Gasteiger partial charge on any atom is 0.273 e. The van der Waals surface area contributed by atoms with Crippen LogP contribution < -0.4 is 0 Å². The Labute approximate surface area is 165 Å². The number of aromatic amines is 1. The number of β-amino-alcohol motifs (C(OH)–C–C–N with tert-alkyl or cyclic N) is 1. The van der Waals surface area contributed by atoms with Gasteiger partial charge in [0.1, 0.15) is 23.0 Å². The molecule has 28 heavy (non-hydrogen) atoms. The number of hydrogen-bond acceptors (Lipinski definition) is 4. The van der Waals surface area contributed by atoms with Gasteiger partial charge in [0.05, 0.1) is 12.6 Å². The third-order valence-corrected chi connectivity index (χ3v) is 5.34. The van der Waals surface area contributed by atoms with Gasteiger partial charge in [-0.15, -0.1) is 0 Å². The van der Waals surface area contributed by atoms with Gasteiger partial charge in [0.15, 0.2) is 0 Å². The van der Waals surface area contributed by atoms with Crippen LogP contribution in [0.5, 0.6) is 5.75 Å². The van der Waals surface area contributed by atoms with Gasteiger partial charge in [-0.25, -0.2) is 4.39 Å². The van der Waals surface area contributed by atoms with E-state index in [4.69, 9.17) is 11.6 Å². The molecule has 0 saturated carbocycles. The summed E-state index contributed by atoms with van der Waals surface area (Å²) in [6.45, 7) is 1.52. The number of rotatable bonds is 4. The Morgan fingerprint density at radius 3 is 2.79 bits per heavy atom. The third kappa shape index (κ3) is 2.75. The van der Waals surface area contributed by atoms with E-state index in [0.717, 1.165) is 0 Å². The fourth-order valence-electron chi connectivity index (χ4n) is 3.62. The fraction of sp³-hybridized carbons (Fsp3) is 0.200. The molecular weight excluding hydrogens is 385 g/mol. The van der Waals surface area contributed by atoms with Crippen LogP contribution in [0.1, 0.15) is 33.2 Å². The van der Waals surface area contributed by atoms with Gasteiger partial charge >= 0.3 is 0 Å². The first kappa shape index (κ1) is 18.5. The SMILES string of the molecule is Cc1cc(O)c(-c2n[nH]c3c2[C@@H](c2ccccc2F)N(CCO)C3=O)cc1Cl. The minimum absolute atomic E-state index is 0.0282. The van der Waals surface area contributed by atoms with E-state index in [1.807, 2.05) is 0 Å². The molecular formula is C20H17ClFN3O3. The molecule has 3 N–H and O–H groups in total. The highest BCUT2D eigenvalue weighted by molar-refractivity contribution is 6.31. The number of phenols is 1. The standard InChI is InChI=1S/C20H17ClFN3O3/c1-10-8-15(27)12(9-13(10)21)17-16-18(24-23-17)20(28)25(6-7-26)19(16)11-4-2-3-5-14(11)22/h2-5,8-9,19,26-27H,6-7H2,1H3,(H,23,24)/t19-/m1/s1. The quantitative estimate of drug-likeness (QED) is 0.625. The maximum atomic E-state index is 14.6. The van der Waals surface area contributed by atoms with Crippen LogP contribution in [0.3, 0.4) is 0 Å². The number of aryl methyl sites for hydroxylation is 1. The molecule has 4 rings (SSSR count). The van der Waals surface area contributed by atoms with Crippen LogP contribution in [-0.4, -0.2) is 44.4 Å². The molecule has 1 atom stereocenters. The van der Waals surface area contributed by atoms with Gasteiger partial charge in [0, 0.05) is 28.3 Å². The molecule has 0 saturated heterocycles. The molecule has 0 aliphatic carbocycles. The zero-order valence-corrected chi connectivity index (χ0v) is 15.7. The lowest BCUT2D eigenvalue weighted by atomic mass is 9.95. The number of aliphatic hydroxyl groups is 1. The van der Waals surface area contributed by atoms with E-state index in [1.54, 1.807) is 31.2 Å². The van der Waals surface area contributed by atoms with E-state index in [-0.39, 0.29) is 30.2 Å². The summed E-state index contributed by atoms with van der Waals surface area (Å²) < 4.78 is 14.6. The monoisotopic (exact) mass is 401 g/mol. The molecule has 0 bridgehead atoms. The number of nitrogens with zero attached hydrogens (tertiary/aromatic N) is 2. The van der Waals surface area contributed by atoms with Crippen LogP contribution in [0.2, 0.25) is 5.02 Å². The summed E-state index contributed by atoms with van der Waals surface area (Å²) >= 11 is 6.22. The molecule has 2 heterocycles. The Bertz CT molecular complexity index is 1080. The maximum absolute atomic E-state index is 14.6. The molecule has 0 unspecified atom stereocenters. The summed E-state index contributed by atoms with van der Waals surface area (Å²) in [5, 5.41) is 27.2. The van der Waals surface area contributed by atoms with Crippen molar-refractivity contribution in [3.8, 4) is 17.0 Å². The highest BCUT2D eigenvalue weighted by atomic mass is 35.5. The second kappa shape index (κ2) is 6.92. The topological polar surface area (TPSA) is 89.5 Å². The Hall–Kier alpha value is -2.90. The number of amides is 1. The summed E-state index contributed by atoms with van der Waals surface area (Å²) in [6.07, 6.45) is 0. The van der Waals surface area contributed by atoms with Gasteiger partial charge in [-0.3, -0.25) is 9.89 Å². The minimum atomic E-state index is -0.788. The predicted octanol–water partition coefficient (Wildman–Crippen LogP) is 3.42. The normalized spacial score (nSPS) is 15.9. The first-order valence-corrected chi connectivity index (χ1v) is 9.05. The van der Waals surface area contributed by atoms with Gasteiger partial charge in [-0.1, -0.05) is 29.8 Å². The highest BCUT2D eigenvalue weighted by Crippen LogP contribution is 2.45. The number of aromatic nitrogens is 2.